The highest BCUT2D eigenvalue weighted by molar-refractivity contribution is 14.0. The summed E-state index contributed by atoms with van der Waals surface area (Å²) in [7, 11) is 5.28. The van der Waals surface area contributed by atoms with Crippen molar-refractivity contribution in [1.82, 2.24) is 30.1 Å². The second kappa shape index (κ2) is 12.2. The van der Waals surface area contributed by atoms with Gasteiger partial charge in [-0.3, -0.25) is 14.2 Å². The van der Waals surface area contributed by atoms with Crippen LogP contribution in [0.4, 0.5) is 0 Å². The summed E-state index contributed by atoms with van der Waals surface area (Å²) in [5.74, 6) is 1.74. The van der Waals surface area contributed by atoms with E-state index in [-0.39, 0.29) is 29.9 Å². The number of nitrogens with one attached hydrogen (secondary N) is 2. The summed E-state index contributed by atoms with van der Waals surface area (Å²) >= 11 is 0. The van der Waals surface area contributed by atoms with Crippen LogP contribution in [0.15, 0.2) is 53.7 Å². The molecule has 3 aromatic rings. The first kappa shape index (κ1) is 24.6. The number of fused-ring (bicyclic) bond motifs is 1. The van der Waals surface area contributed by atoms with Crippen LogP contribution in [0, 0.1) is 0 Å². The molecule has 31 heavy (non-hydrogen) atoms. The van der Waals surface area contributed by atoms with Gasteiger partial charge in [-0.2, -0.15) is 0 Å². The third-order valence-electron chi connectivity index (χ3n) is 4.76. The number of hydrogen-bond donors (Lipinski definition) is 2. The summed E-state index contributed by atoms with van der Waals surface area (Å²) < 4.78 is 2.02. The number of benzene rings is 1. The van der Waals surface area contributed by atoms with Crippen molar-refractivity contribution in [3.8, 4) is 0 Å². The van der Waals surface area contributed by atoms with Crippen LogP contribution in [0.2, 0.25) is 0 Å². The number of hydrogen-bond acceptors (Lipinski definition) is 4. The van der Waals surface area contributed by atoms with Crippen LogP contribution in [0.25, 0.3) is 5.65 Å². The maximum atomic E-state index is 12.1. The van der Waals surface area contributed by atoms with Gasteiger partial charge in [0.15, 0.2) is 11.6 Å². The maximum Gasteiger partial charge on any atom is 0.253 e. The Hall–Kier alpha value is -2.69. The van der Waals surface area contributed by atoms with E-state index < -0.39 is 0 Å². The van der Waals surface area contributed by atoms with Crippen LogP contribution in [0.5, 0.6) is 0 Å². The molecule has 0 bridgehead atoms. The minimum atomic E-state index is 0. The van der Waals surface area contributed by atoms with Crippen molar-refractivity contribution in [2.45, 2.75) is 19.3 Å². The lowest BCUT2D eigenvalue weighted by atomic mass is 10.1. The Morgan fingerprint density at radius 1 is 1.06 bits per heavy atom. The first-order chi connectivity index (χ1) is 14.6. The summed E-state index contributed by atoms with van der Waals surface area (Å²) in [6, 6.07) is 13.6. The van der Waals surface area contributed by atoms with Crippen LogP contribution in [0.3, 0.4) is 0 Å². The van der Waals surface area contributed by atoms with Gasteiger partial charge in [-0.15, -0.1) is 34.2 Å². The molecule has 0 radical (unpaired) electrons. The largest absolute Gasteiger partial charge is 0.356 e. The Balaban J connectivity index is 0.00000341. The lowest BCUT2D eigenvalue weighted by Gasteiger charge is -2.13. The van der Waals surface area contributed by atoms with Crippen molar-refractivity contribution in [1.29, 1.82) is 0 Å². The molecule has 0 saturated carbocycles. The molecule has 1 amide bonds. The number of guanidine groups is 1. The molecule has 2 heterocycles. The summed E-state index contributed by atoms with van der Waals surface area (Å²) in [6.07, 6.45) is 4.55. The van der Waals surface area contributed by atoms with Crippen molar-refractivity contribution < 1.29 is 4.79 Å². The van der Waals surface area contributed by atoms with Crippen LogP contribution < -0.4 is 10.6 Å². The minimum Gasteiger partial charge on any atom is -0.356 e. The molecule has 0 fully saturated rings. The molecular weight excluding hydrogens is 505 g/mol. The van der Waals surface area contributed by atoms with E-state index in [4.69, 9.17) is 0 Å². The second-order valence-electron chi connectivity index (χ2n) is 7.22. The van der Waals surface area contributed by atoms with Crippen molar-refractivity contribution in [2.75, 3.05) is 34.2 Å². The first-order valence-corrected chi connectivity index (χ1v) is 10.1. The van der Waals surface area contributed by atoms with Gasteiger partial charge in [-0.05, 0) is 42.7 Å². The zero-order chi connectivity index (χ0) is 21.3. The van der Waals surface area contributed by atoms with Gasteiger partial charge in [0.05, 0.1) is 0 Å². The van der Waals surface area contributed by atoms with E-state index in [1.165, 1.54) is 0 Å². The fraction of sp³-hybridized carbons (Fsp3) is 0.364. The van der Waals surface area contributed by atoms with Gasteiger partial charge in [-0.1, -0.05) is 18.2 Å². The molecule has 0 spiro atoms. The molecule has 8 nitrogen and oxygen atoms in total. The Labute approximate surface area is 200 Å². The predicted molar refractivity (Wildman–Crippen MR) is 134 cm³/mol. The Morgan fingerprint density at radius 2 is 1.87 bits per heavy atom. The molecular formula is C22H30IN7O. The third kappa shape index (κ3) is 6.91. The number of rotatable bonds is 8. The van der Waals surface area contributed by atoms with E-state index in [1.807, 2.05) is 53.1 Å². The molecule has 9 heteroatoms. The van der Waals surface area contributed by atoms with Crippen molar-refractivity contribution in [3.05, 3.63) is 65.6 Å². The van der Waals surface area contributed by atoms with Gasteiger partial charge < -0.3 is 15.5 Å². The average Bonchev–Trinajstić information content (AvgIpc) is 3.18. The molecule has 0 saturated heterocycles. The minimum absolute atomic E-state index is 0. The predicted octanol–water partition coefficient (Wildman–Crippen LogP) is 2.39. The number of amides is 1. The zero-order valence-electron chi connectivity index (χ0n) is 18.2. The standard InChI is InChI=1S/C22H29N7O.HI/c1-23-22(24-13-7-11-20-27-26-19-10-4-5-15-29(19)20)25-14-12-17-8-6-9-18(16-17)21(30)28(2)3;/h4-6,8-10,15-16H,7,11-14H2,1-3H3,(H2,23,24,25);1H. The van der Waals surface area contributed by atoms with Gasteiger partial charge in [-0.25, -0.2) is 0 Å². The Morgan fingerprint density at radius 3 is 2.65 bits per heavy atom. The molecule has 1 aromatic carbocycles. The SMILES string of the molecule is CN=C(NCCCc1nnc2ccccn12)NCCc1cccc(C(=O)N(C)C)c1.I. The number of aryl methyl sites for hydroxylation is 1. The highest BCUT2D eigenvalue weighted by atomic mass is 127. The lowest BCUT2D eigenvalue weighted by molar-refractivity contribution is 0.0827. The second-order valence-corrected chi connectivity index (χ2v) is 7.22. The molecule has 0 unspecified atom stereocenters. The molecule has 166 valence electrons. The monoisotopic (exact) mass is 535 g/mol. The number of nitrogens with zero attached hydrogens (tertiary/aromatic N) is 5. The molecule has 0 aliphatic carbocycles. The fourth-order valence-corrected chi connectivity index (χ4v) is 3.18. The highest BCUT2D eigenvalue weighted by Crippen LogP contribution is 2.08. The number of carbonyl (C=O) groups is 1. The van der Waals surface area contributed by atoms with E-state index in [0.29, 0.717) is 5.56 Å². The molecule has 0 atom stereocenters. The molecule has 3 rings (SSSR count). The number of aliphatic imine (C=N–C) groups is 1. The summed E-state index contributed by atoms with van der Waals surface area (Å²) in [6.45, 7) is 1.52. The average molecular weight is 535 g/mol. The zero-order valence-corrected chi connectivity index (χ0v) is 20.5. The van der Waals surface area contributed by atoms with Crippen LogP contribution in [-0.4, -0.2) is 65.6 Å². The van der Waals surface area contributed by atoms with E-state index in [2.05, 4.69) is 25.8 Å². The Bertz CT molecular complexity index is 1020. The smallest absolute Gasteiger partial charge is 0.253 e. The number of halogens is 1. The van der Waals surface area contributed by atoms with Gasteiger partial charge in [0.25, 0.3) is 5.91 Å². The van der Waals surface area contributed by atoms with E-state index in [1.54, 1.807) is 26.0 Å². The number of carbonyl (C=O) groups excluding carboxylic acids is 1. The summed E-state index contributed by atoms with van der Waals surface area (Å²) in [5.41, 5.74) is 2.69. The van der Waals surface area contributed by atoms with E-state index >= 15 is 0 Å². The highest BCUT2D eigenvalue weighted by Gasteiger charge is 2.08. The fourth-order valence-electron chi connectivity index (χ4n) is 3.18. The van der Waals surface area contributed by atoms with E-state index in [9.17, 15) is 4.79 Å². The third-order valence-corrected chi connectivity index (χ3v) is 4.76. The van der Waals surface area contributed by atoms with Crippen molar-refractivity contribution >= 4 is 41.5 Å². The quantitative estimate of drug-likeness (QED) is 0.200. The number of pyridine rings is 1. The van der Waals surface area contributed by atoms with Crippen molar-refractivity contribution in [2.24, 2.45) is 4.99 Å². The topological polar surface area (TPSA) is 86.9 Å². The van der Waals surface area contributed by atoms with Gasteiger partial charge >= 0.3 is 0 Å². The Kier molecular flexibility index (Phi) is 9.70. The molecule has 0 aliphatic heterocycles. The maximum absolute atomic E-state index is 12.1. The van der Waals surface area contributed by atoms with Gasteiger partial charge in [0, 0.05) is 52.4 Å². The van der Waals surface area contributed by atoms with Gasteiger partial charge in [0.1, 0.15) is 5.82 Å². The lowest BCUT2D eigenvalue weighted by Crippen LogP contribution is -2.38. The van der Waals surface area contributed by atoms with Crippen LogP contribution >= 0.6 is 24.0 Å². The van der Waals surface area contributed by atoms with Crippen molar-refractivity contribution in [3.63, 3.8) is 0 Å². The summed E-state index contributed by atoms with van der Waals surface area (Å²) in [4.78, 5) is 18.0. The molecule has 2 aromatic heterocycles. The molecule has 0 aliphatic rings. The first-order valence-electron chi connectivity index (χ1n) is 10.1. The number of aromatic nitrogens is 3. The molecule has 2 N–H and O–H groups in total. The van der Waals surface area contributed by atoms with Crippen LogP contribution in [0.1, 0.15) is 28.2 Å². The van der Waals surface area contributed by atoms with Gasteiger partial charge in [0.2, 0.25) is 0 Å². The van der Waals surface area contributed by atoms with E-state index in [0.717, 1.165) is 55.3 Å². The normalized spacial score (nSPS) is 11.1. The summed E-state index contributed by atoms with van der Waals surface area (Å²) in [5, 5.41) is 15.1. The van der Waals surface area contributed by atoms with Crippen LogP contribution in [-0.2, 0) is 12.8 Å².